The summed E-state index contributed by atoms with van der Waals surface area (Å²) in [6.07, 6.45) is 0.898. The molecule has 1 aromatic carbocycles. The zero-order valence-corrected chi connectivity index (χ0v) is 8.49. The molecule has 16 heavy (non-hydrogen) atoms. The van der Waals surface area contributed by atoms with Gasteiger partial charge >= 0.3 is 0 Å². The van der Waals surface area contributed by atoms with Crippen LogP contribution in [0.1, 0.15) is 12.8 Å². The van der Waals surface area contributed by atoms with E-state index in [4.69, 9.17) is 15.7 Å². The number of amidine groups is 1. The van der Waals surface area contributed by atoms with E-state index in [2.05, 4.69) is 5.16 Å². The van der Waals surface area contributed by atoms with Gasteiger partial charge in [0.1, 0.15) is 11.6 Å². The zero-order valence-electron chi connectivity index (χ0n) is 8.49. The number of oxime groups is 1. The minimum Gasteiger partial charge on any atom is -0.493 e. The molecule has 0 atom stereocenters. The fourth-order valence-corrected chi connectivity index (χ4v) is 1.06. The molecule has 3 N–H and O–H groups in total. The van der Waals surface area contributed by atoms with E-state index in [9.17, 15) is 8.78 Å². The van der Waals surface area contributed by atoms with Crippen LogP contribution in [0.25, 0.3) is 0 Å². The van der Waals surface area contributed by atoms with Gasteiger partial charge < -0.3 is 15.7 Å². The van der Waals surface area contributed by atoms with Crippen molar-refractivity contribution in [3.05, 3.63) is 29.8 Å². The highest BCUT2D eigenvalue weighted by atomic mass is 19.2. The Kier molecular flexibility index (Phi) is 4.50. The van der Waals surface area contributed by atoms with Gasteiger partial charge in [-0.05, 0) is 18.6 Å². The monoisotopic (exact) mass is 230 g/mol. The van der Waals surface area contributed by atoms with Crippen LogP contribution in [0.2, 0.25) is 0 Å². The average Bonchev–Trinajstić information content (AvgIpc) is 2.28. The summed E-state index contributed by atoms with van der Waals surface area (Å²) in [6, 6.07) is 3.30. The third-order valence-corrected chi connectivity index (χ3v) is 1.87. The molecule has 0 aliphatic rings. The van der Waals surface area contributed by atoms with Crippen LogP contribution in [-0.2, 0) is 0 Å². The van der Waals surface area contributed by atoms with Gasteiger partial charge in [0.25, 0.3) is 0 Å². The fourth-order valence-electron chi connectivity index (χ4n) is 1.06. The lowest BCUT2D eigenvalue weighted by Gasteiger charge is -2.05. The summed E-state index contributed by atoms with van der Waals surface area (Å²) >= 11 is 0. The molecule has 0 aliphatic carbocycles. The van der Waals surface area contributed by atoms with Crippen molar-refractivity contribution in [3.63, 3.8) is 0 Å². The Morgan fingerprint density at radius 1 is 1.38 bits per heavy atom. The topological polar surface area (TPSA) is 67.8 Å². The number of halogens is 2. The van der Waals surface area contributed by atoms with Crippen LogP contribution in [0.15, 0.2) is 23.4 Å². The van der Waals surface area contributed by atoms with Gasteiger partial charge in [-0.15, -0.1) is 0 Å². The molecular weight excluding hydrogens is 218 g/mol. The zero-order chi connectivity index (χ0) is 12.0. The van der Waals surface area contributed by atoms with Crippen LogP contribution < -0.4 is 10.5 Å². The number of nitrogens with zero attached hydrogens (tertiary/aromatic N) is 1. The van der Waals surface area contributed by atoms with E-state index in [0.717, 1.165) is 12.1 Å². The molecular formula is C10H12F2N2O2. The summed E-state index contributed by atoms with van der Waals surface area (Å²) in [4.78, 5) is 0. The molecule has 0 unspecified atom stereocenters. The Bertz CT molecular complexity index is 383. The third kappa shape index (κ3) is 3.72. The van der Waals surface area contributed by atoms with Gasteiger partial charge in [-0.3, -0.25) is 0 Å². The number of nitrogens with two attached hydrogens (primary N) is 1. The number of ether oxygens (including phenoxy) is 1. The third-order valence-electron chi connectivity index (χ3n) is 1.87. The van der Waals surface area contributed by atoms with Gasteiger partial charge in [-0.25, -0.2) is 8.78 Å². The molecule has 0 saturated heterocycles. The van der Waals surface area contributed by atoms with Crippen LogP contribution in [0, 0.1) is 11.6 Å². The van der Waals surface area contributed by atoms with Crippen molar-refractivity contribution in [1.29, 1.82) is 0 Å². The molecule has 0 spiro atoms. The molecule has 6 heteroatoms. The van der Waals surface area contributed by atoms with E-state index >= 15 is 0 Å². The summed E-state index contributed by atoms with van der Waals surface area (Å²) in [6.45, 7) is 0.279. The summed E-state index contributed by atoms with van der Waals surface area (Å²) in [5.74, 6) is -1.51. The lowest BCUT2D eigenvalue weighted by atomic mass is 10.3. The maximum Gasteiger partial charge on any atom is 0.162 e. The Balaban J connectivity index is 2.35. The first-order chi connectivity index (χ1) is 7.63. The number of benzene rings is 1. The van der Waals surface area contributed by atoms with E-state index in [0.29, 0.717) is 12.8 Å². The van der Waals surface area contributed by atoms with E-state index in [1.807, 2.05) is 0 Å². The molecule has 0 radical (unpaired) electrons. The Morgan fingerprint density at radius 2 is 2.12 bits per heavy atom. The standard InChI is InChI=1S/C10H12F2N2O2/c11-8-4-3-7(6-9(8)12)16-5-1-2-10(13)14-15/h3-4,6,15H,1-2,5H2,(H2,13,14). The second kappa shape index (κ2) is 5.89. The van der Waals surface area contributed by atoms with E-state index in [1.165, 1.54) is 6.07 Å². The molecule has 0 aromatic heterocycles. The van der Waals surface area contributed by atoms with Gasteiger partial charge in [0.05, 0.1) is 6.61 Å². The highest BCUT2D eigenvalue weighted by Gasteiger charge is 2.03. The quantitative estimate of drug-likeness (QED) is 0.267. The molecule has 0 amide bonds. The lowest BCUT2D eigenvalue weighted by molar-refractivity contribution is 0.303. The van der Waals surface area contributed by atoms with Crippen molar-refractivity contribution < 1.29 is 18.7 Å². The first kappa shape index (κ1) is 12.2. The highest BCUT2D eigenvalue weighted by molar-refractivity contribution is 5.79. The predicted molar refractivity (Wildman–Crippen MR) is 54.5 cm³/mol. The van der Waals surface area contributed by atoms with Gasteiger partial charge in [0.2, 0.25) is 0 Å². The van der Waals surface area contributed by atoms with E-state index in [-0.39, 0.29) is 18.2 Å². The van der Waals surface area contributed by atoms with Gasteiger partial charge in [0, 0.05) is 12.5 Å². The first-order valence-electron chi connectivity index (χ1n) is 4.67. The Hall–Kier alpha value is -1.85. The number of hydrogen-bond acceptors (Lipinski definition) is 3. The average molecular weight is 230 g/mol. The molecule has 0 bridgehead atoms. The molecule has 0 aliphatic heterocycles. The summed E-state index contributed by atoms with van der Waals surface area (Å²) in [5, 5.41) is 11.0. The van der Waals surface area contributed by atoms with Crippen molar-refractivity contribution in [2.24, 2.45) is 10.9 Å². The minimum absolute atomic E-state index is 0.105. The minimum atomic E-state index is -0.950. The van der Waals surface area contributed by atoms with Crippen molar-refractivity contribution in [2.45, 2.75) is 12.8 Å². The fraction of sp³-hybridized carbons (Fsp3) is 0.300. The number of rotatable bonds is 5. The SMILES string of the molecule is N/C(CCCOc1ccc(F)c(F)c1)=N\O. The predicted octanol–water partition coefficient (Wildman–Crippen LogP) is 1.87. The smallest absolute Gasteiger partial charge is 0.162 e. The van der Waals surface area contributed by atoms with E-state index < -0.39 is 11.6 Å². The largest absolute Gasteiger partial charge is 0.493 e. The van der Waals surface area contributed by atoms with Crippen LogP contribution in [0.5, 0.6) is 5.75 Å². The highest BCUT2D eigenvalue weighted by Crippen LogP contribution is 2.15. The van der Waals surface area contributed by atoms with Crippen LogP contribution in [0.4, 0.5) is 8.78 Å². The Labute approximate surface area is 91.3 Å². The normalized spacial score (nSPS) is 11.5. The molecule has 4 nitrogen and oxygen atoms in total. The Morgan fingerprint density at radius 3 is 2.75 bits per heavy atom. The second-order valence-electron chi connectivity index (χ2n) is 3.12. The molecule has 1 rings (SSSR count). The lowest BCUT2D eigenvalue weighted by Crippen LogP contribution is -2.12. The summed E-state index contributed by atoms with van der Waals surface area (Å²) in [5.41, 5.74) is 5.23. The molecule has 0 heterocycles. The summed E-state index contributed by atoms with van der Waals surface area (Å²) in [7, 11) is 0. The molecule has 88 valence electrons. The molecule has 0 fully saturated rings. The molecule has 1 aromatic rings. The maximum atomic E-state index is 12.7. The van der Waals surface area contributed by atoms with Crippen molar-refractivity contribution in [2.75, 3.05) is 6.61 Å². The van der Waals surface area contributed by atoms with Gasteiger partial charge in [-0.1, -0.05) is 5.16 Å². The maximum absolute atomic E-state index is 12.7. The van der Waals surface area contributed by atoms with Gasteiger partial charge in [0.15, 0.2) is 11.6 Å². The van der Waals surface area contributed by atoms with Crippen molar-refractivity contribution in [3.8, 4) is 5.75 Å². The molecule has 0 saturated carbocycles. The van der Waals surface area contributed by atoms with Crippen molar-refractivity contribution >= 4 is 5.84 Å². The van der Waals surface area contributed by atoms with Crippen molar-refractivity contribution in [1.82, 2.24) is 0 Å². The van der Waals surface area contributed by atoms with E-state index in [1.54, 1.807) is 0 Å². The van der Waals surface area contributed by atoms with Crippen LogP contribution in [-0.4, -0.2) is 17.6 Å². The van der Waals surface area contributed by atoms with Gasteiger partial charge in [-0.2, -0.15) is 0 Å². The second-order valence-corrected chi connectivity index (χ2v) is 3.12. The van der Waals surface area contributed by atoms with Crippen LogP contribution >= 0.6 is 0 Å². The van der Waals surface area contributed by atoms with Crippen LogP contribution in [0.3, 0.4) is 0 Å². The number of hydrogen-bond donors (Lipinski definition) is 2. The first-order valence-corrected chi connectivity index (χ1v) is 4.67. The summed E-state index contributed by atoms with van der Waals surface area (Å²) < 4.78 is 30.4.